The molecule has 188 valence electrons. The average Bonchev–Trinajstić information content (AvgIpc) is 2.90. The Morgan fingerprint density at radius 3 is 1.80 bits per heavy atom. The highest BCUT2D eigenvalue weighted by Crippen LogP contribution is 2.30. The van der Waals surface area contributed by atoms with Crippen LogP contribution < -0.4 is 15.5 Å². The van der Waals surface area contributed by atoms with Crippen LogP contribution in [0.15, 0.2) is 36.9 Å². The number of nitrogens with two attached hydrogens (primary N) is 1. The first-order valence-corrected chi connectivity index (χ1v) is 11.0. The Balaban J connectivity index is 0.000000320. The van der Waals surface area contributed by atoms with Crippen LogP contribution in [0.2, 0.25) is 0 Å². The van der Waals surface area contributed by atoms with Crippen LogP contribution >= 0.6 is 0 Å². The van der Waals surface area contributed by atoms with E-state index in [1.165, 1.54) is 6.20 Å². The van der Waals surface area contributed by atoms with Gasteiger partial charge in [-0.05, 0) is 37.8 Å². The molecule has 0 aromatic carbocycles. The molecule has 2 aromatic rings. The van der Waals surface area contributed by atoms with Crippen molar-refractivity contribution in [1.29, 1.82) is 10.5 Å². The number of aliphatic hydroxyl groups is 1. The van der Waals surface area contributed by atoms with E-state index in [9.17, 15) is 10.1 Å². The number of nitrogens with zero attached hydrogens (tertiary/aromatic N) is 7. The lowest BCUT2D eigenvalue weighted by Crippen LogP contribution is -2.33. The Hall–Kier alpha value is -3.96. The van der Waals surface area contributed by atoms with Crippen LogP contribution in [0, 0.1) is 44.6 Å². The minimum Gasteiger partial charge on any atom is -0.400 e. The van der Waals surface area contributed by atoms with Gasteiger partial charge in [-0.1, -0.05) is 7.43 Å². The molecule has 0 amide bonds. The van der Waals surface area contributed by atoms with Gasteiger partial charge in [0.05, 0.1) is 34.6 Å². The van der Waals surface area contributed by atoms with Gasteiger partial charge in [0.1, 0.15) is 11.9 Å². The standard InChI is InChI=1S/C11H12N4O2.C11H14N4.CH4O.CH4/c12-7-9-2-5-14(6-3-9)10-1-4-13-8-11(10)15(16)17;12-7-9-2-5-15(6-3-9)11-1-4-14-8-10(11)13;1-2;/h1,4,8-9H,2-3,5-6H2;1,4,8-9H,2-3,5-6,13H2;2H,1H3;1H4. The van der Waals surface area contributed by atoms with Crippen molar-refractivity contribution < 1.29 is 10.0 Å². The molecule has 0 radical (unpaired) electrons. The van der Waals surface area contributed by atoms with Crippen LogP contribution in [-0.4, -0.2) is 53.3 Å². The first-order valence-electron chi connectivity index (χ1n) is 11.0. The molecule has 0 spiro atoms. The van der Waals surface area contributed by atoms with Gasteiger partial charge in [-0.15, -0.1) is 0 Å². The van der Waals surface area contributed by atoms with Crippen molar-refractivity contribution in [3.63, 3.8) is 0 Å². The number of rotatable bonds is 3. The van der Waals surface area contributed by atoms with E-state index >= 15 is 0 Å². The summed E-state index contributed by atoms with van der Waals surface area (Å²) >= 11 is 0. The molecule has 0 aliphatic carbocycles. The van der Waals surface area contributed by atoms with Gasteiger partial charge in [-0.3, -0.25) is 20.1 Å². The maximum atomic E-state index is 10.9. The lowest BCUT2D eigenvalue weighted by molar-refractivity contribution is -0.384. The van der Waals surface area contributed by atoms with Crippen molar-refractivity contribution in [2.24, 2.45) is 11.8 Å². The van der Waals surface area contributed by atoms with Crippen LogP contribution in [0.25, 0.3) is 0 Å². The van der Waals surface area contributed by atoms with Gasteiger partial charge in [0.15, 0.2) is 0 Å². The number of nitriles is 2. The largest absolute Gasteiger partial charge is 0.400 e. The molecule has 35 heavy (non-hydrogen) atoms. The minimum atomic E-state index is -0.418. The molecule has 2 aliphatic heterocycles. The monoisotopic (exact) mass is 482 g/mol. The summed E-state index contributed by atoms with van der Waals surface area (Å²) in [6, 6.07) is 8.15. The third kappa shape index (κ3) is 8.09. The van der Waals surface area contributed by atoms with Crippen molar-refractivity contribution >= 4 is 22.7 Å². The number of hydrogen-bond donors (Lipinski definition) is 2. The van der Waals surface area contributed by atoms with E-state index in [-0.39, 0.29) is 24.9 Å². The van der Waals surface area contributed by atoms with Crippen LogP contribution in [-0.2, 0) is 0 Å². The Morgan fingerprint density at radius 1 is 0.943 bits per heavy atom. The molecule has 3 N–H and O–H groups in total. The third-order valence-corrected chi connectivity index (χ3v) is 5.84. The molecule has 2 aliphatic rings. The molecular formula is C24H34N8O3. The molecule has 2 saturated heterocycles. The van der Waals surface area contributed by atoms with E-state index in [1.807, 2.05) is 11.0 Å². The van der Waals surface area contributed by atoms with Crippen LogP contribution in [0.1, 0.15) is 33.1 Å². The topological polar surface area (TPSA) is 169 Å². The number of hydrogen-bond acceptors (Lipinski definition) is 10. The minimum absolute atomic E-state index is 0. The highest BCUT2D eigenvalue weighted by atomic mass is 16.6. The van der Waals surface area contributed by atoms with Crippen molar-refractivity contribution in [3.05, 3.63) is 47.0 Å². The SMILES string of the molecule is C.CO.N#CC1CCN(c2ccncc2N)CC1.N#CC1CCN(c2ccncc2[N+](=O)[O-])CC1. The maximum absolute atomic E-state index is 10.9. The first kappa shape index (κ1) is 29.1. The number of nitrogen functional groups attached to an aromatic ring is 1. The summed E-state index contributed by atoms with van der Waals surface area (Å²) in [4.78, 5) is 22.4. The van der Waals surface area contributed by atoms with E-state index in [1.54, 1.807) is 24.7 Å². The van der Waals surface area contributed by atoms with E-state index in [0.29, 0.717) is 24.5 Å². The summed E-state index contributed by atoms with van der Waals surface area (Å²) in [6.45, 7) is 3.19. The van der Waals surface area contributed by atoms with E-state index in [2.05, 4.69) is 27.0 Å². The van der Waals surface area contributed by atoms with Crippen molar-refractivity contribution in [2.45, 2.75) is 33.1 Å². The zero-order valence-corrected chi connectivity index (χ0v) is 19.2. The summed E-state index contributed by atoms with van der Waals surface area (Å²) in [5.74, 6) is 0.288. The molecule has 0 bridgehead atoms. The number of aliphatic hydroxyl groups excluding tert-OH is 1. The number of anilines is 3. The first-order chi connectivity index (χ1) is 16.5. The fourth-order valence-electron chi connectivity index (χ4n) is 3.97. The lowest BCUT2D eigenvalue weighted by Gasteiger charge is -2.31. The van der Waals surface area contributed by atoms with E-state index in [0.717, 1.165) is 51.6 Å². The van der Waals surface area contributed by atoms with Gasteiger partial charge in [0.2, 0.25) is 0 Å². The van der Waals surface area contributed by atoms with Crippen molar-refractivity contribution in [1.82, 2.24) is 9.97 Å². The van der Waals surface area contributed by atoms with Gasteiger partial charge < -0.3 is 20.6 Å². The van der Waals surface area contributed by atoms with Crippen LogP contribution in [0.4, 0.5) is 22.7 Å². The highest BCUT2D eigenvalue weighted by molar-refractivity contribution is 5.66. The summed E-state index contributed by atoms with van der Waals surface area (Å²) < 4.78 is 0. The maximum Gasteiger partial charge on any atom is 0.310 e. The Kier molecular flexibility index (Phi) is 12.5. The highest BCUT2D eigenvalue weighted by Gasteiger charge is 2.24. The molecule has 4 heterocycles. The number of nitro groups is 1. The van der Waals surface area contributed by atoms with Crippen molar-refractivity contribution in [2.75, 3.05) is 48.8 Å². The molecule has 0 saturated carbocycles. The van der Waals surface area contributed by atoms with E-state index < -0.39 is 4.92 Å². The Bertz CT molecular complexity index is 1000. The molecule has 2 fully saturated rings. The Morgan fingerprint density at radius 2 is 1.37 bits per heavy atom. The lowest BCUT2D eigenvalue weighted by atomic mass is 9.98. The fraction of sp³-hybridized carbons (Fsp3) is 0.500. The smallest absolute Gasteiger partial charge is 0.310 e. The average molecular weight is 483 g/mol. The molecule has 11 nitrogen and oxygen atoms in total. The van der Waals surface area contributed by atoms with Crippen LogP contribution in [0.5, 0.6) is 0 Å². The second kappa shape index (κ2) is 15.0. The van der Waals surface area contributed by atoms with Crippen LogP contribution in [0.3, 0.4) is 0 Å². The fourth-order valence-corrected chi connectivity index (χ4v) is 3.97. The van der Waals surface area contributed by atoms with Crippen molar-refractivity contribution in [3.8, 4) is 12.1 Å². The normalized spacial score (nSPS) is 15.7. The Labute approximate surface area is 206 Å². The molecule has 0 unspecified atom stereocenters. The van der Waals surface area contributed by atoms with Gasteiger partial charge >= 0.3 is 5.69 Å². The zero-order valence-electron chi connectivity index (χ0n) is 19.2. The summed E-state index contributed by atoms with van der Waals surface area (Å²) in [6.07, 6.45) is 9.63. The second-order valence-electron chi connectivity index (χ2n) is 7.84. The summed E-state index contributed by atoms with van der Waals surface area (Å²) in [5, 5.41) is 35.5. The molecule has 2 aromatic heterocycles. The molecular weight excluding hydrogens is 448 g/mol. The quantitative estimate of drug-likeness (QED) is 0.488. The number of piperidine rings is 2. The van der Waals surface area contributed by atoms with Gasteiger partial charge in [-0.25, -0.2) is 0 Å². The molecule has 4 rings (SSSR count). The van der Waals surface area contributed by atoms with Gasteiger partial charge in [0.25, 0.3) is 0 Å². The van der Waals surface area contributed by atoms with Gasteiger partial charge in [0, 0.05) is 57.5 Å². The number of aromatic nitrogens is 2. The predicted octanol–water partition coefficient (Wildman–Crippen LogP) is 3.38. The molecule has 0 atom stereocenters. The second-order valence-corrected chi connectivity index (χ2v) is 7.84. The van der Waals surface area contributed by atoms with Gasteiger partial charge in [-0.2, -0.15) is 10.5 Å². The summed E-state index contributed by atoms with van der Waals surface area (Å²) in [7, 11) is 1.00. The third-order valence-electron chi connectivity index (χ3n) is 5.84. The molecule has 11 heteroatoms. The zero-order chi connectivity index (χ0) is 24.9. The summed E-state index contributed by atoms with van der Waals surface area (Å²) in [5.41, 5.74) is 8.24. The predicted molar refractivity (Wildman–Crippen MR) is 136 cm³/mol. The van der Waals surface area contributed by atoms with E-state index in [4.69, 9.17) is 21.4 Å². The number of pyridine rings is 2.